The zero-order valence-electron chi connectivity index (χ0n) is 13.4. The van der Waals surface area contributed by atoms with Gasteiger partial charge in [0.2, 0.25) is 11.8 Å². The molecule has 0 spiro atoms. The third-order valence-electron chi connectivity index (χ3n) is 2.93. The summed E-state index contributed by atoms with van der Waals surface area (Å²) >= 11 is 0. The van der Waals surface area contributed by atoms with E-state index in [0.717, 1.165) is 0 Å². The minimum absolute atomic E-state index is 0.0248. The third-order valence-corrected chi connectivity index (χ3v) is 2.93. The van der Waals surface area contributed by atoms with Crippen molar-refractivity contribution >= 4 is 17.6 Å². The molecule has 120 valence electrons. The molecule has 0 radical (unpaired) electrons. The van der Waals surface area contributed by atoms with Gasteiger partial charge in [-0.25, -0.2) is 0 Å². The molecule has 2 N–H and O–H groups in total. The van der Waals surface area contributed by atoms with Crippen LogP contribution in [0.1, 0.15) is 36.7 Å². The first-order valence-electron chi connectivity index (χ1n) is 7.07. The Balaban J connectivity index is 2.69. The number of benzene rings is 1. The second-order valence-corrected chi connectivity index (χ2v) is 5.26. The van der Waals surface area contributed by atoms with Crippen LogP contribution in [0.5, 0.6) is 5.75 Å². The summed E-state index contributed by atoms with van der Waals surface area (Å²) in [5.74, 6) is -0.0990. The second-order valence-electron chi connectivity index (χ2n) is 5.26. The molecule has 0 heterocycles. The van der Waals surface area contributed by atoms with E-state index < -0.39 is 0 Å². The van der Waals surface area contributed by atoms with E-state index in [0.29, 0.717) is 16.9 Å². The maximum Gasteiger partial charge on any atom is 0.239 e. The first kappa shape index (κ1) is 17.7. The van der Waals surface area contributed by atoms with Crippen molar-refractivity contribution in [2.45, 2.75) is 33.2 Å². The fraction of sp³-hybridized carbons (Fsp3) is 0.438. The fourth-order valence-electron chi connectivity index (χ4n) is 1.92. The quantitative estimate of drug-likeness (QED) is 0.738. The highest BCUT2D eigenvalue weighted by Gasteiger charge is 2.12. The van der Waals surface area contributed by atoms with Gasteiger partial charge in [-0.15, -0.1) is 0 Å². The van der Waals surface area contributed by atoms with Crippen LogP contribution in [0.3, 0.4) is 0 Å². The van der Waals surface area contributed by atoms with E-state index in [2.05, 4.69) is 10.6 Å². The zero-order chi connectivity index (χ0) is 16.7. The molecule has 22 heavy (non-hydrogen) atoms. The van der Waals surface area contributed by atoms with Gasteiger partial charge < -0.3 is 15.4 Å². The van der Waals surface area contributed by atoms with Crippen LogP contribution in [0.15, 0.2) is 18.2 Å². The lowest BCUT2D eigenvalue weighted by Crippen LogP contribution is -2.40. The van der Waals surface area contributed by atoms with Crippen molar-refractivity contribution in [2.75, 3.05) is 13.7 Å². The average molecular weight is 306 g/mol. The number of carbonyl (C=O) groups excluding carboxylic acids is 3. The molecule has 0 aliphatic carbocycles. The molecular formula is C16H22N2O4. The Hall–Kier alpha value is -2.37. The number of Topliss-reactive ketones (excluding diaryl/α,β-unsaturated/α-hetero) is 1. The van der Waals surface area contributed by atoms with Crippen molar-refractivity contribution in [2.24, 2.45) is 0 Å². The van der Waals surface area contributed by atoms with Crippen LogP contribution in [0.4, 0.5) is 0 Å². The Kier molecular flexibility index (Phi) is 6.56. The van der Waals surface area contributed by atoms with Crippen molar-refractivity contribution in [1.29, 1.82) is 0 Å². The second kappa shape index (κ2) is 8.17. The van der Waals surface area contributed by atoms with Crippen molar-refractivity contribution in [1.82, 2.24) is 10.6 Å². The Morgan fingerprint density at radius 1 is 1.18 bits per heavy atom. The van der Waals surface area contributed by atoms with Gasteiger partial charge in [0.25, 0.3) is 0 Å². The maximum absolute atomic E-state index is 11.9. The SMILES string of the molecule is COc1ccc(C(C)=O)cc1CC(=O)NCC(=O)NC(C)C. The van der Waals surface area contributed by atoms with Gasteiger partial charge in [-0.05, 0) is 39.0 Å². The monoisotopic (exact) mass is 306 g/mol. The van der Waals surface area contributed by atoms with Crippen LogP contribution in [-0.4, -0.2) is 37.3 Å². The molecule has 0 aliphatic heterocycles. The molecule has 0 unspecified atom stereocenters. The van der Waals surface area contributed by atoms with Crippen molar-refractivity contribution in [3.05, 3.63) is 29.3 Å². The molecule has 0 atom stereocenters. The lowest BCUT2D eigenvalue weighted by molar-refractivity contribution is -0.126. The third kappa shape index (κ3) is 5.55. The minimum Gasteiger partial charge on any atom is -0.496 e. The normalized spacial score (nSPS) is 10.2. The molecular weight excluding hydrogens is 284 g/mol. The van der Waals surface area contributed by atoms with E-state index in [4.69, 9.17) is 4.74 Å². The molecule has 0 aromatic heterocycles. The molecule has 6 nitrogen and oxygen atoms in total. The zero-order valence-corrected chi connectivity index (χ0v) is 13.4. The first-order valence-corrected chi connectivity index (χ1v) is 7.07. The smallest absolute Gasteiger partial charge is 0.239 e. The Bertz CT molecular complexity index is 567. The van der Waals surface area contributed by atoms with Gasteiger partial charge in [0, 0.05) is 17.2 Å². The molecule has 0 aliphatic rings. The molecule has 0 bridgehead atoms. The van der Waals surface area contributed by atoms with E-state index in [1.807, 2.05) is 13.8 Å². The first-order chi connectivity index (χ1) is 10.3. The van der Waals surface area contributed by atoms with Gasteiger partial charge in [-0.1, -0.05) is 0 Å². The number of hydrogen-bond donors (Lipinski definition) is 2. The fourth-order valence-corrected chi connectivity index (χ4v) is 1.92. The van der Waals surface area contributed by atoms with Gasteiger partial charge in [0.15, 0.2) is 5.78 Å². The topological polar surface area (TPSA) is 84.5 Å². The van der Waals surface area contributed by atoms with Crippen molar-refractivity contribution < 1.29 is 19.1 Å². The number of amides is 2. The largest absolute Gasteiger partial charge is 0.496 e. The highest BCUT2D eigenvalue weighted by molar-refractivity contribution is 5.95. The summed E-state index contributed by atoms with van der Waals surface area (Å²) < 4.78 is 5.19. The number of nitrogens with one attached hydrogen (secondary N) is 2. The van der Waals surface area contributed by atoms with Gasteiger partial charge in [-0.3, -0.25) is 14.4 Å². The van der Waals surface area contributed by atoms with Crippen LogP contribution in [0.25, 0.3) is 0 Å². The molecule has 0 saturated heterocycles. The number of rotatable bonds is 7. The van der Waals surface area contributed by atoms with Gasteiger partial charge in [0.05, 0.1) is 20.1 Å². The summed E-state index contributed by atoms with van der Waals surface area (Å²) in [7, 11) is 1.50. The lowest BCUT2D eigenvalue weighted by Gasteiger charge is -2.11. The molecule has 0 saturated carbocycles. The molecule has 1 rings (SSSR count). The van der Waals surface area contributed by atoms with Crippen LogP contribution < -0.4 is 15.4 Å². The molecule has 1 aromatic carbocycles. The molecule has 0 fully saturated rings. The Morgan fingerprint density at radius 2 is 1.86 bits per heavy atom. The number of ketones is 1. The molecule has 6 heteroatoms. The number of carbonyl (C=O) groups is 3. The van der Waals surface area contributed by atoms with E-state index in [1.165, 1.54) is 14.0 Å². The van der Waals surface area contributed by atoms with E-state index >= 15 is 0 Å². The number of ether oxygens (including phenoxy) is 1. The predicted molar refractivity (Wildman–Crippen MR) is 83.0 cm³/mol. The van der Waals surface area contributed by atoms with Crippen LogP contribution in [0.2, 0.25) is 0 Å². The maximum atomic E-state index is 11.9. The van der Waals surface area contributed by atoms with Gasteiger partial charge in [0.1, 0.15) is 5.75 Å². The van der Waals surface area contributed by atoms with E-state index in [-0.39, 0.29) is 36.6 Å². The Morgan fingerprint density at radius 3 is 2.41 bits per heavy atom. The van der Waals surface area contributed by atoms with Crippen molar-refractivity contribution in [3.63, 3.8) is 0 Å². The van der Waals surface area contributed by atoms with Crippen molar-refractivity contribution in [3.8, 4) is 5.75 Å². The van der Waals surface area contributed by atoms with Gasteiger partial charge >= 0.3 is 0 Å². The minimum atomic E-state index is -0.307. The van der Waals surface area contributed by atoms with Crippen LogP contribution in [0, 0.1) is 0 Å². The highest BCUT2D eigenvalue weighted by atomic mass is 16.5. The Labute approximate surface area is 130 Å². The van der Waals surface area contributed by atoms with E-state index in [9.17, 15) is 14.4 Å². The summed E-state index contributed by atoms with van der Waals surface area (Å²) in [4.78, 5) is 34.8. The van der Waals surface area contributed by atoms with E-state index in [1.54, 1.807) is 18.2 Å². The molecule has 1 aromatic rings. The standard InChI is InChI=1S/C16H22N2O4/c1-10(2)18-16(21)9-17-15(20)8-13-7-12(11(3)19)5-6-14(13)22-4/h5-7,10H,8-9H2,1-4H3,(H,17,20)(H,18,21). The summed E-state index contributed by atoms with van der Waals surface area (Å²) in [6, 6.07) is 4.97. The summed E-state index contributed by atoms with van der Waals surface area (Å²) in [6.07, 6.45) is 0.0409. The molecule has 2 amide bonds. The summed E-state index contributed by atoms with van der Waals surface area (Å²) in [6.45, 7) is 5.07. The van der Waals surface area contributed by atoms with Gasteiger partial charge in [-0.2, -0.15) is 0 Å². The number of hydrogen-bond acceptors (Lipinski definition) is 4. The highest BCUT2D eigenvalue weighted by Crippen LogP contribution is 2.20. The van der Waals surface area contributed by atoms with Crippen LogP contribution in [-0.2, 0) is 16.0 Å². The lowest BCUT2D eigenvalue weighted by atomic mass is 10.0. The average Bonchev–Trinajstić information content (AvgIpc) is 2.44. The number of methoxy groups -OCH3 is 1. The summed E-state index contributed by atoms with van der Waals surface area (Å²) in [5, 5.41) is 5.23. The van der Waals surface area contributed by atoms with Crippen LogP contribution >= 0.6 is 0 Å². The summed E-state index contributed by atoms with van der Waals surface area (Å²) in [5.41, 5.74) is 1.12. The predicted octanol–water partition coefficient (Wildman–Crippen LogP) is 1.08.